The quantitative estimate of drug-likeness (QED) is 0.903. The SMILES string of the molecule is CC(C)NCc1ccc(CN2CC3CCCN3CC2C)o1. The Hall–Kier alpha value is -0.840. The molecule has 21 heavy (non-hydrogen) atoms. The molecule has 1 N–H and O–H groups in total. The zero-order valence-electron chi connectivity index (χ0n) is 13.6. The molecule has 2 fully saturated rings. The summed E-state index contributed by atoms with van der Waals surface area (Å²) >= 11 is 0. The van der Waals surface area contributed by atoms with Crippen molar-refractivity contribution in [1.82, 2.24) is 15.1 Å². The van der Waals surface area contributed by atoms with Crippen LogP contribution in [0.2, 0.25) is 0 Å². The topological polar surface area (TPSA) is 31.6 Å². The zero-order valence-corrected chi connectivity index (χ0v) is 13.6. The maximum Gasteiger partial charge on any atom is 0.118 e. The molecule has 4 nitrogen and oxygen atoms in total. The van der Waals surface area contributed by atoms with Crippen LogP contribution in [0.25, 0.3) is 0 Å². The van der Waals surface area contributed by atoms with Gasteiger partial charge in [-0.2, -0.15) is 0 Å². The molecule has 0 radical (unpaired) electrons. The van der Waals surface area contributed by atoms with E-state index in [0.717, 1.165) is 30.7 Å². The van der Waals surface area contributed by atoms with Crippen molar-refractivity contribution in [3.63, 3.8) is 0 Å². The highest BCUT2D eigenvalue weighted by Crippen LogP contribution is 2.26. The van der Waals surface area contributed by atoms with Crippen molar-refractivity contribution in [2.75, 3.05) is 19.6 Å². The molecule has 2 unspecified atom stereocenters. The monoisotopic (exact) mass is 291 g/mol. The van der Waals surface area contributed by atoms with Gasteiger partial charge < -0.3 is 9.73 Å². The molecule has 0 aromatic carbocycles. The lowest BCUT2D eigenvalue weighted by Gasteiger charge is -2.41. The molecular formula is C17H29N3O. The second-order valence-electron chi connectivity index (χ2n) is 6.97. The molecule has 4 heteroatoms. The first-order valence-corrected chi connectivity index (χ1v) is 8.41. The van der Waals surface area contributed by atoms with Crippen molar-refractivity contribution in [3.05, 3.63) is 23.7 Å². The van der Waals surface area contributed by atoms with Gasteiger partial charge in [0.2, 0.25) is 0 Å². The number of nitrogens with zero attached hydrogens (tertiary/aromatic N) is 2. The van der Waals surface area contributed by atoms with Gasteiger partial charge in [-0.25, -0.2) is 0 Å². The number of hydrogen-bond donors (Lipinski definition) is 1. The maximum atomic E-state index is 5.98. The molecule has 118 valence electrons. The Morgan fingerprint density at radius 2 is 2.10 bits per heavy atom. The Labute approximate surface area is 128 Å². The molecule has 0 saturated carbocycles. The van der Waals surface area contributed by atoms with Crippen molar-refractivity contribution in [2.24, 2.45) is 0 Å². The van der Waals surface area contributed by atoms with Crippen LogP contribution in [0.4, 0.5) is 0 Å². The molecule has 3 rings (SSSR count). The number of hydrogen-bond acceptors (Lipinski definition) is 4. The fraction of sp³-hybridized carbons (Fsp3) is 0.765. The first-order chi connectivity index (χ1) is 10.1. The van der Waals surface area contributed by atoms with Crippen molar-refractivity contribution in [1.29, 1.82) is 0 Å². The van der Waals surface area contributed by atoms with Crippen LogP contribution in [-0.4, -0.2) is 47.6 Å². The number of furan rings is 1. The largest absolute Gasteiger partial charge is 0.463 e. The summed E-state index contributed by atoms with van der Waals surface area (Å²) in [5, 5.41) is 3.40. The van der Waals surface area contributed by atoms with Gasteiger partial charge in [0.25, 0.3) is 0 Å². The van der Waals surface area contributed by atoms with E-state index >= 15 is 0 Å². The van der Waals surface area contributed by atoms with E-state index < -0.39 is 0 Å². The summed E-state index contributed by atoms with van der Waals surface area (Å²) in [7, 11) is 0. The van der Waals surface area contributed by atoms with E-state index in [9.17, 15) is 0 Å². The molecule has 0 amide bonds. The second-order valence-corrected chi connectivity index (χ2v) is 6.97. The predicted octanol–water partition coefficient (Wildman–Crippen LogP) is 2.45. The van der Waals surface area contributed by atoms with E-state index in [1.807, 2.05) is 0 Å². The summed E-state index contributed by atoms with van der Waals surface area (Å²) in [6.45, 7) is 12.2. The van der Waals surface area contributed by atoms with E-state index in [-0.39, 0.29) is 0 Å². The molecule has 1 aromatic rings. The minimum atomic E-state index is 0.494. The minimum Gasteiger partial charge on any atom is -0.463 e. The third-order valence-electron chi connectivity index (χ3n) is 4.83. The second kappa shape index (κ2) is 6.51. The van der Waals surface area contributed by atoms with Crippen molar-refractivity contribution < 1.29 is 4.42 Å². The van der Waals surface area contributed by atoms with Crippen molar-refractivity contribution in [2.45, 2.75) is 64.8 Å². The van der Waals surface area contributed by atoms with Gasteiger partial charge >= 0.3 is 0 Å². The van der Waals surface area contributed by atoms with E-state index in [1.54, 1.807) is 0 Å². The summed E-state index contributed by atoms with van der Waals surface area (Å²) < 4.78 is 5.98. The minimum absolute atomic E-state index is 0.494. The first-order valence-electron chi connectivity index (χ1n) is 8.41. The first kappa shape index (κ1) is 15.1. The fourth-order valence-electron chi connectivity index (χ4n) is 3.58. The summed E-state index contributed by atoms with van der Waals surface area (Å²) in [6.07, 6.45) is 2.74. The van der Waals surface area contributed by atoms with Gasteiger partial charge in [0, 0.05) is 31.2 Å². The lowest BCUT2D eigenvalue weighted by atomic mass is 10.1. The molecule has 1 aromatic heterocycles. The third kappa shape index (κ3) is 3.68. The van der Waals surface area contributed by atoms with Gasteiger partial charge in [-0.05, 0) is 38.4 Å². The molecule has 2 aliphatic rings. The Morgan fingerprint density at radius 3 is 2.90 bits per heavy atom. The molecule has 0 aliphatic carbocycles. The molecule has 2 atom stereocenters. The standard InChI is InChI=1S/C17H29N3O/c1-13(2)18-9-16-6-7-17(21-16)12-20-11-15-5-4-8-19(15)10-14(20)3/h6-7,13-15,18H,4-5,8-12H2,1-3H3. The van der Waals surface area contributed by atoms with Crippen molar-refractivity contribution in [3.8, 4) is 0 Å². The van der Waals surface area contributed by atoms with Crippen LogP contribution in [-0.2, 0) is 13.1 Å². The fourth-order valence-corrected chi connectivity index (χ4v) is 3.58. The molecular weight excluding hydrogens is 262 g/mol. The van der Waals surface area contributed by atoms with Gasteiger partial charge in [0.15, 0.2) is 0 Å². The molecule has 0 bridgehead atoms. The summed E-state index contributed by atoms with van der Waals surface area (Å²) in [5.74, 6) is 2.15. The zero-order chi connectivity index (χ0) is 14.8. The molecule has 0 spiro atoms. The summed E-state index contributed by atoms with van der Waals surface area (Å²) in [5.41, 5.74) is 0. The van der Waals surface area contributed by atoms with Crippen LogP contribution in [0, 0.1) is 0 Å². The molecule has 2 saturated heterocycles. The molecule has 3 heterocycles. The van der Waals surface area contributed by atoms with E-state index in [1.165, 1.54) is 32.5 Å². The lowest BCUT2D eigenvalue weighted by molar-refractivity contribution is 0.0491. The van der Waals surface area contributed by atoms with Gasteiger partial charge in [-0.3, -0.25) is 9.80 Å². The normalized spacial score (nSPS) is 27.4. The number of nitrogens with one attached hydrogen (secondary N) is 1. The Balaban J connectivity index is 1.56. The predicted molar refractivity (Wildman–Crippen MR) is 85.2 cm³/mol. The lowest BCUT2D eigenvalue weighted by Crippen LogP contribution is -2.54. The number of rotatable bonds is 5. The van der Waals surface area contributed by atoms with E-state index in [2.05, 4.69) is 48.0 Å². The van der Waals surface area contributed by atoms with Crippen LogP contribution in [0.5, 0.6) is 0 Å². The Bertz CT molecular complexity index is 457. The summed E-state index contributed by atoms with van der Waals surface area (Å²) in [6, 6.07) is 6.15. The number of fused-ring (bicyclic) bond motifs is 1. The smallest absolute Gasteiger partial charge is 0.118 e. The van der Waals surface area contributed by atoms with Gasteiger partial charge in [-0.1, -0.05) is 13.8 Å². The van der Waals surface area contributed by atoms with Crippen molar-refractivity contribution >= 4 is 0 Å². The average molecular weight is 291 g/mol. The van der Waals surface area contributed by atoms with Gasteiger partial charge in [-0.15, -0.1) is 0 Å². The van der Waals surface area contributed by atoms with Crippen LogP contribution in [0.15, 0.2) is 16.5 Å². The van der Waals surface area contributed by atoms with Crippen LogP contribution < -0.4 is 5.32 Å². The van der Waals surface area contributed by atoms with Gasteiger partial charge in [0.05, 0.1) is 13.1 Å². The van der Waals surface area contributed by atoms with E-state index in [0.29, 0.717) is 12.1 Å². The maximum absolute atomic E-state index is 5.98. The van der Waals surface area contributed by atoms with Gasteiger partial charge in [0.1, 0.15) is 11.5 Å². The summed E-state index contributed by atoms with van der Waals surface area (Å²) in [4.78, 5) is 5.26. The van der Waals surface area contributed by atoms with Crippen LogP contribution in [0.3, 0.4) is 0 Å². The third-order valence-corrected chi connectivity index (χ3v) is 4.83. The highest BCUT2D eigenvalue weighted by Gasteiger charge is 2.34. The highest BCUT2D eigenvalue weighted by atomic mass is 16.3. The Morgan fingerprint density at radius 1 is 1.29 bits per heavy atom. The molecule has 2 aliphatic heterocycles. The van der Waals surface area contributed by atoms with Crippen LogP contribution >= 0.6 is 0 Å². The number of piperazine rings is 1. The van der Waals surface area contributed by atoms with E-state index in [4.69, 9.17) is 4.42 Å². The average Bonchev–Trinajstić information content (AvgIpc) is 3.06. The Kier molecular flexibility index (Phi) is 4.67. The highest BCUT2D eigenvalue weighted by molar-refractivity contribution is 5.08. The van der Waals surface area contributed by atoms with Crippen LogP contribution in [0.1, 0.15) is 45.1 Å².